The first-order valence-electron chi connectivity index (χ1n) is 6.64. The average molecular weight is 281 g/mol. The minimum Gasteiger partial charge on any atom is -0.467 e. The van der Waals surface area contributed by atoms with E-state index in [4.69, 9.17) is 4.74 Å². The fourth-order valence-corrected chi connectivity index (χ4v) is 2.12. The molecular weight excluding hydrogens is 258 g/mol. The van der Waals surface area contributed by atoms with E-state index in [-0.39, 0.29) is 5.92 Å². The lowest BCUT2D eigenvalue weighted by Gasteiger charge is -2.36. The Morgan fingerprint density at radius 1 is 1.35 bits per heavy atom. The molecule has 0 heterocycles. The number of carbonyl (C=O) groups is 1. The third kappa shape index (κ3) is 3.56. The van der Waals surface area contributed by atoms with Gasteiger partial charge in [-0.05, 0) is 11.5 Å². The van der Waals surface area contributed by atoms with Crippen molar-refractivity contribution in [2.45, 2.75) is 32.0 Å². The van der Waals surface area contributed by atoms with E-state index in [2.05, 4.69) is 5.32 Å². The van der Waals surface area contributed by atoms with Crippen LogP contribution < -0.4 is 5.32 Å². The molecule has 1 aromatic rings. The van der Waals surface area contributed by atoms with Crippen molar-refractivity contribution in [1.29, 1.82) is 0 Å². The van der Waals surface area contributed by atoms with Crippen LogP contribution in [0.4, 0.5) is 0 Å². The Hall–Kier alpha value is -1.43. The first-order valence-corrected chi connectivity index (χ1v) is 6.64. The SMILES string of the molecule is COC(=O)[C@@](CO)(NCc1ccccc1)[C@@H](O)C(C)C. The van der Waals surface area contributed by atoms with Gasteiger partial charge in [0.1, 0.15) is 0 Å². The summed E-state index contributed by atoms with van der Waals surface area (Å²) in [6.45, 7) is 3.37. The smallest absolute Gasteiger partial charge is 0.331 e. The van der Waals surface area contributed by atoms with Gasteiger partial charge >= 0.3 is 5.97 Å². The Labute approximate surface area is 119 Å². The minimum absolute atomic E-state index is 0.204. The van der Waals surface area contributed by atoms with Crippen molar-refractivity contribution in [2.24, 2.45) is 5.92 Å². The van der Waals surface area contributed by atoms with Crippen LogP contribution in [0.3, 0.4) is 0 Å². The summed E-state index contributed by atoms with van der Waals surface area (Å²) in [4.78, 5) is 12.0. The number of aliphatic hydroxyl groups excluding tert-OH is 2. The molecule has 0 unspecified atom stereocenters. The van der Waals surface area contributed by atoms with E-state index in [0.717, 1.165) is 5.56 Å². The molecule has 112 valence electrons. The van der Waals surface area contributed by atoms with Gasteiger partial charge in [-0.1, -0.05) is 44.2 Å². The van der Waals surface area contributed by atoms with E-state index in [0.29, 0.717) is 6.54 Å². The normalized spacial score (nSPS) is 15.7. The van der Waals surface area contributed by atoms with Crippen LogP contribution in [0.15, 0.2) is 30.3 Å². The predicted molar refractivity (Wildman–Crippen MR) is 76.0 cm³/mol. The lowest BCUT2D eigenvalue weighted by Crippen LogP contribution is -2.64. The lowest BCUT2D eigenvalue weighted by atomic mass is 9.85. The number of aliphatic hydroxyl groups is 2. The van der Waals surface area contributed by atoms with Crippen molar-refractivity contribution in [1.82, 2.24) is 5.32 Å². The number of hydrogen-bond acceptors (Lipinski definition) is 5. The molecule has 0 aliphatic carbocycles. The van der Waals surface area contributed by atoms with E-state index in [1.165, 1.54) is 7.11 Å². The maximum atomic E-state index is 12.0. The van der Waals surface area contributed by atoms with Crippen LogP contribution in [0.1, 0.15) is 19.4 Å². The average Bonchev–Trinajstić information content (AvgIpc) is 2.48. The molecule has 2 atom stereocenters. The molecule has 0 radical (unpaired) electrons. The largest absolute Gasteiger partial charge is 0.467 e. The summed E-state index contributed by atoms with van der Waals surface area (Å²) in [7, 11) is 1.24. The Kier molecular flexibility index (Phi) is 6.13. The molecule has 20 heavy (non-hydrogen) atoms. The molecule has 0 spiro atoms. The fourth-order valence-electron chi connectivity index (χ4n) is 2.12. The Bertz CT molecular complexity index is 421. The summed E-state index contributed by atoms with van der Waals surface area (Å²) in [6.07, 6.45) is -1.05. The number of ether oxygens (including phenoxy) is 1. The van der Waals surface area contributed by atoms with Gasteiger partial charge in [0.15, 0.2) is 5.54 Å². The van der Waals surface area contributed by atoms with Crippen LogP contribution in [0.2, 0.25) is 0 Å². The van der Waals surface area contributed by atoms with Crippen LogP contribution in [-0.4, -0.2) is 41.5 Å². The highest BCUT2D eigenvalue weighted by Crippen LogP contribution is 2.20. The van der Waals surface area contributed by atoms with E-state index in [1.54, 1.807) is 13.8 Å². The molecule has 0 saturated carbocycles. The predicted octanol–water partition coefficient (Wildman–Crippen LogP) is 0.697. The summed E-state index contributed by atoms with van der Waals surface area (Å²) in [5.41, 5.74) is -0.566. The Balaban J connectivity index is 2.95. The van der Waals surface area contributed by atoms with Crippen molar-refractivity contribution in [3.63, 3.8) is 0 Å². The molecule has 0 saturated heterocycles. The van der Waals surface area contributed by atoms with E-state index < -0.39 is 24.2 Å². The van der Waals surface area contributed by atoms with Gasteiger partial charge in [-0.25, -0.2) is 4.79 Å². The molecule has 5 heteroatoms. The standard InChI is InChI=1S/C15H23NO4/c1-11(2)13(18)15(10-17,14(19)20-3)16-9-12-7-5-4-6-8-12/h4-8,11,13,16-18H,9-10H2,1-3H3/t13-,15-/m0/s1. The fraction of sp³-hybridized carbons (Fsp3) is 0.533. The molecule has 1 aromatic carbocycles. The number of hydrogen-bond donors (Lipinski definition) is 3. The van der Waals surface area contributed by atoms with Crippen LogP contribution in [0, 0.1) is 5.92 Å². The second kappa shape index (κ2) is 7.38. The van der Waals surface area contributed by atoms with Crippen molar-refractivity contribution in [3.8, 4) is 0 Å². The van der Waals surface area contributed by atoms with Gasteiger partial charge in [-0.3, -0.25) is 5.32 Å². The zero-order chi connectivity index (χ0) is 15.2. The summed E-state index contributed by atoms with van der Waals surface area (Å²) in [5, 5.41) is 22.9. The van der Waals surface area contributed by atoms with E-state index in [9.17, 15) is 15.0 Å². The van der Waals surface area contributed by atoms with Gasteiger partial charge in [0.2, 0.25) is 0 Å². The Morgan fingerprint density at radius 3 is 2.40 bits per heavy atom. The van der Waals surface area contributed by atoms with Crippen LogP contribution in [0.25, 0.3) is 0 Å². The molecule has 3 N–H and O–H groups in total. The van der Waals surface area contributed by atoms with Crippen LogP contribution >= 0.6 is 0 Å². The maximum absolute atomic E-state index is 12.0. The molecule has 5 nitrogen and oxygen atoms in total. The molecule has 0 aliphatic rings. The summed E-state index contributed by atoms with van der Waals surface area (Å²) >= 11 is 0. The van der Waals surface area contributed by atoms with Gasteiger partial charge in [0.05, 0.1) is 19.8 Å². The number of nitrogens with one attached hydrogen (secondary N) is 1. The summed E-state index contributed by atoms with van der Waals surface area (Å²) in [5.74, 6) is -0.873. The zero-order valence-electron chi connectivity index (χ0n) is 12.2. The number of benzene rings is 1. The van der Waals surface area contributed by atoms with Crippen molar-refractivity contribution >= 4 is 5.97 Å². The second-order valence-electron chi connectivity index (χ2n) is 5.15. The quantitative estimate of drug-likeness (QED) is 0.641. The van der Waals surface area contributed by atoms with Gasteiger partial charge in [0, 0.05) is 6.54 Å². The highest BCUT2D eigenvalue weighted by molar-refractivity contribution is 5.82. The van der Waals surface area contributed by atoms with Gasteiger partial charge in [-0.15, -0.1) is 0 Å². The molecule has 0 bridgehead atoms. The first kappa shape index (κ1) is 16.6. The molecular formula is C15H23NO4. The summed E-state index contributed by atoms with van der Waals surface area (Å²) < 4.78 is 4.74. The van der Waals surface area contributed by atoms with Crippen molar-refractivity contribution < 1.29 is 19.7 Å². The number of carbonyl (C=O) groups excluding carboxylic acids is 1. The van der Waals surface area contributed by atoms with Crippen molar-refractivity contribution in [3.05, 3.63) is 35.9 Å². The number of rotatable bonds is 7. The molecule has 0 fully saturated rings. The second-order valence-corrected chi connectivity index (χ2v) is 5.15. The molecule has 0 aromatic heterocycles. The topological polar surface area (TPSA) is 78.8 Å². The zero-order valence-corrected chi connectivity index (χ0v) is 12.2. The number of esters is 1. The van der Waals surface area contributed by atoms with Gasteiger partial charge in [0.25, 0.3) is 0 Å². The molecule has 0 amide bonds. The third-order valence-electron chi connectivity index (χ3n) is 3.39. The maximum Gasteiger partial charge on any atom is 0.331 e. The summed E-state index contributed by atoms with van der Waals surface area (Å²) in [6, 6.07) is 9.46. The highest BCUT2D eigenvalue weighted by atomic mass is 16.5. The van der Waals surface area contributed by atoms with Crippen LogP contribution in [0.5, 0.6) is 0 Å². The number of methoxy groups -OCH3 is 1. The van der Waals surface area contributed by atoms with Crippen molar-refractivity contribution in [2.75, 3.05) is 13.7 Å². The highest BCUT2D eigenvalue weighted by Gasteiger charge is 2.47. The van der Waals surface area contributed by atoms with Gasteiger partial charge < -0.3 is 14.9 Å². The first-order chi connectivity index (χ1) is 9.47. The van der Waals surface area contributed by atoms with E-state index >= 15 is 0 Å². The third-order valence-corrected chi connectivity index (χ3v) is 3.39. The van der Waals surface area contributed by atoms with Crippen LogP contribution in [-0.2, 0) is 16.1 Å². The molecule has 1 rings (SSSR count). The van der Waals surface area contributed by atoms with E-state index in [1.807, 2.05) is 30.3 Å². The van der Waals surface area contributed by atoms with Gasteiger partial charge in [-0.2, -0.15) is 0 Å². The molecule has 0 aliphatic heterocycles. The lowest BCUT2D eigenvalue weighted by molar-refractivity contribution is -0.159. The minimum atomic E-state index is -1.52. The Morgan fingerprint density at radius 2 is 1.95 bits per heavy atom. The monoisotopic (exact) mass is 281 g/mol.